The van der Waals surface area contributed by atoms with E-state index in [0.29, 0.717) is 18.9 Å². The first-order valence-electron chi connectivity index (χ1n) is 6.05. The van der Waals surface area contributed by atoms with Gasteiger partial charge in [0.15, 0.2) is 0 Å². The Morgan fingerprint density at radius 2 is 2.28 bits per heavy atom. The second-order valence-corrected chi connectivity index (χ2v) is 4.34. The number of hydrogen-bond acceptors (Lipinski definition) is 4. The molecule has 0 radical (unpaired) electrons. The zero-order valence-corrected chi connectivity index (χ0v) is 10.5. The average Bonchev–Trinajstić information content (AvgIpc) is 2.38. The Morgan fingerprint density at radius 3 is 3.00 bits per heavy atom. The van der Waals surface area contributed by atoms with Crippen molar-refractivity contribution in [2.75, 3.05) is 33.3 Å². The average molecular weight is 250 g/mol. The maximum atomic E-state index is 11.5. The van der Waals surface area contributed by atoms with Crippen molar-refractivity contribution < 1.29 is 14.3 Å². The number of amides is 1. The summed E-state index contributed by atoms with van der Waals surface area (Å²) in [5.41, 5.74) is 0. The molecule has 1 amide bonds. The number of morpholine rings is 1. The van der Waals surface area contributed by atoms with Gasteiger partial charge in [-0.2, -0.15) is 0 Å². The molecule has 0 aliphatic carbocycles. The molecule has 1 heterocycles. The van der Waals surface area contributed by atoms with Crippen LogP contribution in [-0.2, 0) is 4.74 Å². The van der Waals surface area contributed by atoms with E-state index in [1.54, 1.807) is 12.1 Å². The van der Waals surface area contributed by atoms with Crippen molar-refractivity contribution >= 4 is 6.09 Å². The van der Waals surface area contributed by atoms with E-state index in [1.165, 1.54) is 0 Å². The van der Waals surface area contributed by atoms with E-state index in [2.05, 4.69) is 10.2 Å². The summed E-state index contributed by atoms with van der Waals surface area (Å²) in [4.78, 5) is 13.7. The smallest absolute Gasteiger partial charge is 0.410 e. The van der Waals surface area contributed by atoms with Crippen LogP contribution in [0.4, 0.5) is 4.79 Å². The standard InChI is InChI=1S/C13H18N2O3/c1-15-7-8-17-12(10-15)9-14-13(16)18-11-5-3-2-4-6-11/h2-6,12H,7-10H2,1H3,(H,14,16)/t12-/m1/s1. The monoisotopic (exact) mass is 250 g/mol. The Kier molecular flexibility index (Phi) is 4.55. The molecule has 0 saturated carbocycles. The number of carbonyl (C=O) groups is 1. The van der Waals surface area contributed by atoms with Crippen molar-refractivity contribution in [3.63, 3.8) is 0 Å². The summed E-state index contributed by atoms with van der Waals surface area (Å²) < 4.78 is 10.7. The van der Waals surface area contributed by atoms with Gasteiger partial charge in [0.2, 0.25) is 0 Å². The quantitative estimate of drug-likeness (QED) is 0.873. The van der Waals surface area contributed by atoms with Gasteiger partial charge in [0.05, 0.1) is 12.7 Å². The van der Waals surface area contributed by atoms with Crippen LogP contribution in [0.25, 0.3) is 0 Å². The fourth-order valence-electron chi connectivity index (χ4n) is 1.82. The van der Waals surface area contributed by atoms with E-state index in [0.717, 1.165) is 13.1 Å². The predicted molar refractivity (Wildman–Crippen MR) is 67.7 cm³/mol. The van der Waals surface area contributed by atoms with E-state index in [4.69, 9.17) is 9.47 Å². The number of likely N-dealkylation sites (N-methyl/N-ethyl adjacent to an activating group) is 1. The molecule has 1 N–H and O–H groups in total. The predicted octanol–water partition coefficient (Wildman–Crippen LogP) is 1.11. The summed E-state index contributed by atoms with van der Waals surface area (Å²) in [5.74, 6) is 0.539. The van der Waals surface area contributed by atoms with Crippen LogP contribution in [0.2, 0.25) is 0 Å². The molecule has 5 heteroatoms. The molecule has 1 aliphatic heterocycles. The SMILES string of the molecule is CN1CCO[C@H](CNC(=O)Oc2ccccc2)C1. The van der Waals surface area contributed by atoms with Crippen molar-refractivity contribution in [3.05, 3.63) is 30.3 Å². The maximum Gasteiger partial charge on any atom is 0.412 e. The molecule has 0 aromatic heterocycles. The number of benzene rings is 1. The van der Waals surface area contributed by atoms with Crippen molar-refractivity contribution in [1.29, 1.82) is 0 Å². The zero-order chi connectivity index (χ0) is 12.8. The number of ether oxygens (including phenoxy) is 2. The molecule has 1 aromatic rings. The Bertz CT molecular complexity index is 383. The minimum Gasteiger partial charge on any atom is -0.410 e. The number of nitrogens with one attached hydrogen (secondary N) is 1. The topological polar surface area (TPSA) is 50.8 Å². The molecule has 0 bridgehead atoms. The zero-order valence-electron chi connectivity index (χ0n) is 10.5. The van der Waals surface area contributed by atoms with E-state index in [-0.39, 0.29) is 6.10 Å². The van der Waals surface area contributed by atoms with Gasteiger partial charge in [-0.05, 0) is 19.2 Å². The van der Waals surface area contributed by atoms with Crippen molar-refractivity contribution in [2.24, 2.45) is 0 Å². The van der Waals surface area contributed by atoms with Gasteiger partial charge in [-0.1, -0.05) is 18.2 Å². The fraction of sp³-hybridized carbons (Fsp3) is 0.462. The highest BCUT2D eigenvalue weighted by atomic mass is 16.6. The van der Waals surface area contributed by atoms with E-state index in [1.807, 2.05) is 25.2 Å². The van der Waals surface area contributed by atoms with Crippen LogP contribution in [0, 0.1) is 0 Å². The highest BCUT2D eigenvalue weighted by Gasteiger charge is 2.18. The van der Waals surface area contributed by atoms with E-state index >= 15 is 0 Å². The Hall–Kier alpha value is -1.59. The van der Waals surface area contributed by atoms with Crippen LogP contribution in [0.15, 0.2) is 30.3 Å². The molecule has 5 nitrogen and oxygen atoms in total. The summed E-state index contributed by atoms with van der Waals surface area (Å²) in [6.45, 7) is 2.93. The maximum absolute atomic E-state index is 11.5. The number of carbonyl (C=O) groups excluding carboxylic acids is 1. The third kappa shape index (κ3) is 4.01. The summed E-state index contributed by atoms with van der Waals surface area (Å²) in [6, 6.07) is 9.00. The normalized spacial score (nSPS) is 20.4. The molecule has 1 fully saturated rings. The first-order valence-corrected chi connectivity index (χ1v) is 6.05. The molecule has 0 spiro atoms. The first kappa shape index (κ1) is 12.9. The lowest BCUT2D eigenvalue weighted by Gasteiger charge is -2.29. The van der Waals surface area contributed by atoms with Gasteiger partial charge >= 0.3 is 6.09 Å². The molecular formula is C13H18N2O3. The number of hydrogen-bond donors (Lipinski definition) is 1. The summed E-state index contributed by atoms with van der Waals surface area (Å²) in [6.07, 6.45) is -0.412. The molecule has 98 valence electrons. The molecule has 18 heavy (non-hydrogen) atoms. The van der Waals surface area contributed by atoms with Crippen LogP contribution < -0.4 is 10.1 Å². The second-order valence-electron chi connectivity index (χ2n) is 4.34. The largest absolute Gasteiger partial charge is 0.412 e. The van der Waals surface area contributed by atoms with Gasteiger partial charge in [0.25, 0.3) is 0 Å². The van der Waals surface area contributed by atoms with Gasteiger partial charge < -0.3 is 19.7 Å². The number of rotatable bonds is 3. The lowest BCUT2D eigenvalue weighted by atomic mass is 10.3. The lowest BCUT2D eigenvalue weighted by molar-refractivity contribution is -0.0173. The van der Waals surface area contributed by atoms with Crippen LogP contribution >= 0.6 is 0 Å². The number of para-hydroxylation sites is 1. The Balaban J connectivity index is 1.71. The van der Waals surface area contributed by atoms with Crippen molar-refractivity contribution in [1.82, 2.24) is 10.2 Å². The lowest BCUT2D eigenvalue weighted by Crippen LogP contribution is -2.46. The first-order chi connectivity index (χ1) is 8.74. The minimum atomic E-state index is -0.446. The Labute approximate surface area is 107 Å². The molecule has 1 atom stereocenters. The third-order valence-corrected chi connectivity index (χ3v) is 2.77. The van der Waals surface area contributed by atoms with Gasteiger partial charge in [-0.3, -0.25) is 0 Å². The summed E-state index contributed by atoms with van der Waals surface area (Å²) >= 11 is 0. The minimum absolute atomic E-state index is 0.0343. The molecule has 1 aromatic carbocycles. The van der Waals surface area contributed by atoms with Gasteiger partial charge in [-0.15, -0.1) is 0 Å². The van der Waals surface area contributed by atoms with Crippen LogP contribution in [0.3, 0.4) is 0 Å². The summed E-state index contributed by atoms with van der Waals surface area (Å²) in [7, 11) is 2.04. The van der Waals surface area contributed by atoms with Crippen LogP contribution in [-0.4, -0.2) is 50.4 Å². The Morgan fingerprint density at radius 1 is 1.50 bits per heavy atom. The van der Waals surface area contributed by atoms with Gasteiger partial charge in [0, 0.05) is 19.6 Å². The number of nitrogens with zero attached hydrogens (tertiary/aromatic N) is 1. The van der Waals surface area contributed by atoms with Crippen molar-refractivity contribution in [3.8, 4) is 5.75 Å². The molecule has 2 rings (SSSR count). The summed E-state index contributed by atoms with van der Waals surface area (Å²) in [5, 5.41) is 2.71. The molecule has 0 unspecified atom stereocenters. The molecule has 1 saturated heterocycles. The highest BCUT2D eigenvalue weighted by molar-refractivity contribution is 5.70. The van der Waals surface area contributed by atoms with Crippen molar-refractivity contribution in [2.45, 2.75) is 6.10 Å². The molecular weight excluding hydrogens is 232 g/mol. The van der Waals surface area contributed by atoms with Gasteiger partial charge in [0.1, 0.15) is 5.75 Å². The van der Waals surface area contributed by atoms with E-state index < -0.39 is 6.09 Å². The third-order valence-electron chi connectivity index (χ3n) is 2.77. The molecule has 1 aliphatic rings. The van der Waals surface area contributed by atoms with Crippen LogP contribution in [0.1, 0.15) is 0 Å². The second kappa shape index (κ2) is 6.37. The fourth-order valence-corrected chi connectivity index (χ4v) is 1.82. The highest BCUT2D eigenvalue weighted by Crippen LogP contribution is 2.08. The van der Waals surface area contributed by atoms with E-state index in [9.17, 15) is 4.79 Å². The van der Waals surface area contributed by atoms with Gasteiger partial charge in [-0.25, -0.2) is 4.79 Å². The van der Waals surface area contributed by atoms with Crippen LogP contribution in [0.5, 0.6) is 5.75 Å².